The number of carbonyl (C=O) groups excluding carboxylic acids is 1. The largest absolute Gasteiger partial charge is 0.344 e. The van der Waals surface area contributed by atoms with Crippen molar-refractivity contribution in [1.82, 2.24) is 15.1 Å². The third kappa shape index (κ3) is 5.24. The van der Waals surface area contributed by atoms with Crippen LogP contribution in [0.15, 0.2) is 72.8 Å². The zero-order chi connectivity index (χ0) is 25.2. The molecule has 7 heteroatoms. The Balaban J connectivity index is 1.61. The van der Waals surface area contributed by atoms with Crippen LogP contribution in [0.2, 0.25) is 10.0 Å². The highest BCUT2D eigenvalue weighted by molar-refractivity contribution is 14.1. The summed E-state index contributed by atoms with van der Waals surface area (Å²) in [6.45, 7) is 1.98. The molecule has 1 aliphatic carbocycles. The van der Waals surface area contributed by atoms with Crippen molar-refractivity contribution in [3.63, 3.8) is 0 Å². The zero-order valence-electron chi connectivity index (χ0n) is 19.6. The smallest absolute Gasteiger partial charge is 0.272 e. The molecule has 5 rings (SSSR count). The van der Waals surface area contributed by atoms with Crippen LogP contribution in [0.5, 0.6) is 0 Å². The van der Waals surface area contributed by atoms with Gasteiger partial charge in [-0.05, 0) is 102 Å². The van der Waals surface area contributed by atoms with Crippen molar-refractivity contribution in [3.05, 3.63) is 114 Å². The predicted molar refractivity (Wildman–Crippen MR) is 156 cm³/mol. The van der Waals surface area contributed by atoms with E-state index < -0.39 is 0 Å². The minimum atomic E-state index is -0.193. The van der Waals surface area contributed by atoms with Crippen LogP contribution in [0.1, 0.15) is 58.7 Å². The maximum absolute atomic E-state index is 13.5. The first-order valence-electron chi connectivity index (χ1n) is 11.8. The predicted octanol–water partition coefficient (Wildman–Crippen LogP) is 8.15. The summed E-state index contributed by atoms with van der Waals surface area (Å²) in [7, 11) is 0. The van der Waals surface area contributed by atoms with Gasteiger partial charge in [0.2, 0.25) is 0 Å². The van der Waals surface area contributed by atoms with Crippen LogP contribution in [0, 0.1) is 3.57 Å². The molecule has 36 heavy (non-hydrogen) atoms. The Bertz CT molecular complexity index is 1450. The number of carbonyl (C=O) groups is 1. The van der Waals surface area contributed by atoms with Gasteiger partial charge in [-0.15, -0.1) is 0 Å². The Labute approximate surface area is 234 Å². The summed E-state index contributed by atoms with van der Waals surface area (Å²) < 4.78 is 3.00. The van der Waals surface area contributed by atoms with Crippen LogP contribution in [-0.2, 0) is 6.42 Å². The van der Waals surface area contributed by atoms with Gasteiger partial charge in [0.15, 0.2) is 5.69 Å². The van der Waals surface area contributed by atoms with E-state index in [1.54, 1.807) is 12.1 Å². The molecule has 4 nitrogen and oxygen atoms in total. The number of nitrogens with one attached hydrogen (secondary N) is 1. The molecule has 0 spiro atoms. The molecule has 0 bridgehead atoms. The molecule has 0 saturated heterocycles. The van der Waals surface area contributed by atoms with Crippen LogP contribution in [-0.4, -0.2) is 15.7 Å². The Morgan fingerprint density at radius 1 is 1.06 bits per heavy atom. The molecule has 1 aromatic heterocycles. The van der Waals surface area contributed by atoms with Crippen molar-refractivity contribution >= 4 is 63.3 Å². The molecular weight excluding hydrogens is 604 g/mol. The van der Waals surface area contributed by atoms with E-state index in [4.69, 9.17) is 28.3 Å². The highest BCUT2D eigenvalue weighted by Crippen LogP contribution is 2.37. The average molecular weight is 628 g/mol. The number of nitrogens with zero attached hydrogens (tertiary/aromatic N) is 2. The van der Waals surface area contributed by atoms with Crippen molar-refractivity contribution in [1.29, 1.82) is 0 Å². The fourth-order valence-electron chi connectivity index (χ4n) is 4.59. The van der Waals surface area contributed by atoms with E-state index in [1.165, 1.54) is 3.57 Å². The number of hydrogen-bond acceptors (Lipinski definition) is 2. The number of fused-ring (bicyclic) bond motifs is 1. The Hall–Kier alpha value is -2.61. The molecule has 0 aliphatic heterocycles. The minimum Gasteiger partial charge on any atom is -0.344 e. The van der Waals surface area contributed by atoms with Crippen molar-refractivity contribution in [2.45, 2.75) is 32.2 Å². The Morgan fingerprint density at radius 2 is 1.81 bits per heavy atom. The second kappa shape index (κ2) is 10.8. The summed E-state index contributed by atoms with van der Waals surface area (Å²) in [5.41, 5.74) is 6.29. The molecule has 0 unspecified atom stereocenters. The van der Waals surface area contributed by atoms with Crippen molar-refractivity contribution < 1.29 is 4.79 Å². The summed E-state index contributed by atoms with van der Waals surface area (Å²) in [4.78, 5) is 13.5. The molecule has 0 saturated carbocycles. The lowest BCUT2D eigenvalue weighted by molar-refractivity contribution is 0.0933. The van der Waals surface area contributed by atoms with Crippen LogP contribution < -0.4 is 5.32 Å². The molecular formula is C29H24Cl2IN3O. The van der Waals surface area contributed by atoms with E-state index in [0.29, 0.717) is 21.4 Å². The highest BCUT2D eigenvalue weighted by atomic mass is 127. The van der Waals surface area contributed by atoms with Gasteiger partial charge in [0.05, 0.1) is 22.4 Å². The Morgan fingerprint density at radius 3 is 2.53 bits per heavy atom. The Kier molecular flexibility index (Phi) is 7.51. The molecule has 1 atom stereocenters. The van der Waals surface area contributed by atoms with Crippen molar-refractivity contribution in [3.8, 4) is 5.69 Å². The summed E-state index contributed by atoms with van der Waals surface area (Å²) >= 11 is 15.1. The lowest BCUT2D eigenvalue weighted by Crippen LogP contribution is -2.28. The molecule has 1 amide bonds. The maximum atomic E-state index is 13.5. The van der Waals surface area contributed by atoms with E-state index in [-0.39, 0.29) is 11.9 Å². The summed E-state index contributed by atoms with van der Waals surface area (Å²) in [6, 6.07) is 23.5. The SMILES string of the molecule is C[C@@H](NC(=O)c1nn(-c2ccc(Cl)cc2Cl)c2c1CCC/C2=C\c1ccc(I)cc1)c1ccccc1. The van der Waals surface area contributed by atoms with Gasteiger partial charge in [0.25, 0.3) is 5.91 Å². The lowest BCUT2D eigenvalue weighted by Gasteiger charge is -2.19. The van der Waals surface area contributed by atoms with Gasteiger partial charge < -0.3 is 5.32 Å². The van der Waals surface area contributed by atoms with Gasteiger partial charge >= 0.3 is 0 Å². The first kappa shape index (κ1) is 25.1. The van der Waals surface area contributed by atoms with E-state index in [2.05, 4.69) is 58.2 Å². The molecule has 0 radical (unpaired) electrons. The van der Waals surface area contributed by atoms with Crippen LogP contribution >= 0.6 is 45.8 Å². The van der Waals surface area contributed by atoms with Gasteiger partial charge in [0, 0.05) is 14.2 Å². The number of hydrogen-bond donors (Lipinski definition) is 1. The molecule has 1 heterocycles. The van der Waals surface area contributed by atoms with E-state index in [9.17, 15) is 4.79 Å². The fraction of sp³-hybridized carbons (Fsp3) is 0.172. The fourth-order valence-corrected chi connectivity index (χ4v) is 5.44. The van der Waals surface area contributed by atoms with E-state index in [1.807, 2.05) is 48.0 Å². The molecule has 1 N–H and O–H groups in total. The number of aromatic nitrogens is 2. The second-order valence-corrected chi connectivity index (χ2v) is 11.0. The standard InChI is InChI=1S/C29H24Cl2IN3O/c1-18(20-6-3-2-4-7-20)33-29(36)27-24-9-5-8-21(16-19-10-13-23(32)14-11-19)28(24)35(34-27)26-15-12-22(30)17-25(26)31/h2-4,6-7,10-18H,5,8-9H2,1H3,(H,33,36)/b21-16+/t18-/m1/s1. The quantitative estimate of drug-likeness (QED) is 0.227. The average Bonchev–Trinajstić information content (AvgIpc) is 3.26. The summed E-state index contributed by atoms with van der Waals surface area (Å²) in [5.74, 6) is -0.193. The number of benzene rings is 3. The number of allylic oxidation sites excluding steroid dienone is 1. The molecule has 1 aliphatic rings. The number of rotatable bonds is 5. The third-order valence-corrected chi connectivity index (χ3v) is 7.63. The van der Waals surface area contributed by atoms with E-state index >= 15 is 0 Å². The van der Waals surface area contributed by atoms with E-state index in [0.717, 1.165) is 47.2 Å². The van der Waals surface area contributed by atoms with Crippen LogP contribution in [0.25, 0.3) is 17.3 Å². The molecule has 182 valence electrons. The maximum Gasteiger partial charge on any atom is 0.272 e. The van der Waals surface area contributed by atoms with Gasteiger partial charge in [-0.1, -0.05) is 65.7 Å². The van der Waals surface area contributed by atoms with Gasteiger partial charge in [-0.3, -0.25) is 4.79 Å². The monoisotopic (exact) mass is 627 g/mol. The molecule has 4 aromatic rings. The topological polar surface area (TPSA) is 46.9 Å². The number of amides is 1. The van der Waals surface area contributed by atoms with Crippen LogP contribution in [0.4, 0.5) is 0 Å². The summed E-state index contributed by atoms with van der Waals surface area (Å²) in [6.07, 6.45) is 4.78. The van der Waals surface area contributed by atoms with Crippen LogP contribution in [0.3, 0.4) is 0 Å². The highest BCUT2D eigenvalue weighted by Gasteiger charge is 2.29. The second-order valence-electron chi connectivity index (χ2n) is 8.86. The molecule has 0 fully saturated rings. The lowest BCUT2D eigenvalue weighted by atomic mass is 9.89. The van der Waals surface area contributed by atoms with Gasteiger partial charge in [0.1, 0.15) is 0 Å². The minimum absolute atomic E-state index is 0.149. The van der Waals surface area contributed by atoms with Crippen molar-refractivity contribution in [2.24, 2.45) is 0 Å². The number of halogens is 3. The van der Waals surface area contributed by atoms with Crippen molar-refractivity contribution in [2.75, 3.05) is 0 Å². The normalized spacial score (nSPS) is 14.9. The third-order valence-electron chi connectivity index (χ3n) is 6.37. The molecule has 3 aromatic carbocycles. The summed E-state index contributed by atoms with van der Waals surface area (Å²) in [5, 5.41) is 9.01. The first-order valence-corrected chi connectivity index (χ1v) is 13.6. The first-order chi connectivity index (χ1) is 17.4. The van der Waals surface area contributed by atoms with Gasteiger partial charge in [-0.2, -0.15) is 5.10 Å². The van der Waals surface area contributed by atoms with Gasteiger partial charge in [-0.25, -0.2) is 4.68 Å². The zero-order valence-corrected chi connectivity index (χ0v) is 23.3.